The van der Waals surface area contributed by atoms with E-state index < -0.39 is 6.67 Å². The Morgan fingerprint density at radius 3 is 2.58 bits per heavy atom. The smallest absolute Gasteiger partial charge is 0.160 e. The zero-order valence-corrected chi connectivity index (χ0v) is 20.4. The lowest BCUT2D eigenvalue weighted by atomic mass is 9.56. The van der Waals surface area contributed by atoms with Crippen molar-refractivity contribution < 1.29 is 13.6 Å². The summed E-state index contributed by atoms with van der Waals surface area (Å²) >= 11 is 0. The van der Waals surface area contributed by atoms with Gasteiger partial charge in [-0.05, 0) is 49.4 Å². The molecule has 6 rings (SSSR count). The number of fused-ring (bicyclic) bond motifs is 4. The standard InChI is InChI=1S/C30H27F2N3O/c1-17-23-12-11-21-27(20-8-3-5-9-24(20)32)34-29(35-28(21)30(23,2)14-13-26(17)36)22-15-18(16-31)33-25-10-6-4-7-19(22)25/h3-10,15,17,23H,11-14,16H2,1-2H3/t17-,23-,30-/m1/s1. The summed E-state index contributed by atoms with van der Waals surface area (Å²) in [5.74, 6) is 0.516. The van der Waals surface area contributed by atoms with Gasteiger partial charge in [-0.2, -0.15) is 0 Å². The van der Waals surface area contributed by atoms with Crippen LogP contribution in [0, 0.1) is 17.7 Å². The van der Waals surface area contributed by atoms with E-state index in [9.17, 15) is 9.18 Å². The normalized spacial score (nSPS) is 23.4. The average Bonchev–Trinajstić information content (AvgIpc) is 2.90. The van der Waals surface area contributed by atoms with Crippen LogP contribution in [0.4, 0.5) is 8.78 Å². The summed E-state index contributed by atoms with van der Waals surface area (Å²) in [5, 5.41) is 0.818. The summed E-state index contributed by atoms with van der Waals surface area (Å²) in [6.45, 7) is 3.51. The Morgan fingerprint density at radius 2 is 1.78 bits per heavy atom. The summed E-state index contributed by atoms with van der Waals surface area (Å²) in [7, 11) is 0. The Morgan fingerprint density at radius 1 is 1.00 bits per heavy atom. The van der Waals surface area contributed by atoms with Gasteiger partial charge < -0.3 is 0 Å². The van der Waals surface area contributed by atoms with Crippen molar-refractivity contribution in [2.45, 2.75) is 51.6 Å². The molecule has 2 heterocycles. The number of aromatic nitrogens is 3. The Hall–Kier alpha value is -3.54. The van der Waals surface area contributed by atoms with Crippen molar-refractivity contribution >= 4 is 16.7 Å². The SMILES string of the molecule is C[C@H]1C(=O)CC[C@@]2(C)c3nc(-c4cc(CF)nc5ccccc45)nc(-c4ccccc4F)c3CC[C@H]12. The molecule has 0 radical (unpaired) electrons. The minimum absolute atomic E-state index is 0.0490. The number of ketones is 1. The summed E-state index contributed by atoms with van der Waals surface area (Å²) in [5.41, 5.74) is 4.18. The topological polar surface area (TPSA) is 55.7 Å². The molecule has 0 saturated heterocycles. The van der Waals surface area contributed by atoms with Crippen molar-refractivity contribution in [1.29, 1.82) is 0 Å². The second-order valence-corrected chi connectivity index (χ2v) is 10.3. The van der Waals surface area contributed by atoms with Crippen molar-refractivity contribution in [3.63, 3.8) is 0 Å². The van der Waals surface area contributed by atoms with Crippen LogP contribution >= 0.6 is 0 Å². The van der Waals surface area contributed by atoms with Crippen molar-refractivity contribution in [3.8, 4) is 22.6 Å². The van der Waals surface area contributed by atoms with Crippen molar-refractivity contribution in [1.82, 2.24) is 15.0 Å². The van der Waals surface area contributed by atoms with Gasteiger partial charge in [0.25, 0.3) is 0 Å². The summed E-state index contributed by atoms with van der Waals surface area (Å²) in [6, 6.07) is 15.9. The Labute approximate surface area is 208 Å². The summed E-state index contributed by atoms with van der Waals surface area (Å²) < 4.78 is 28.9. The number of benzene rings is 2. The van der Waals surface area contributed by atoms with Crippen LogP contribution in [0.5, 0.6) is 0 Å². The molecule has 0 bridgehead atoms. The number of hydrogen-bond acceptors (Lipinski definition) is 4. The van der Waals surface area contributed by atoms with Gasteiger partial charge in [0.15, 0.2) is 5.82 Å². The third kappa shape index (κ3) is 3.46. The second-order valence-electron chi connectivity index (χ2n) is 10.3. The lowest BCUT2D eigenvalue weighted by Crippen LogP contribution is -2.47. The first-order valence-corrected chi connectivity index (χ1v) is 12.5. The van der Waals surface area contributed by atoms with Crippen LogP contribution < -0.4 is 0 Å². The molecular formula is C30H27F2N3O. The third-order valence-corrected chi connectivity index (χ3v) is 8.35. The fourth-order valence-electron chi connectivity index (χ4n) is 6.41. The lowest BCUT2D eigenvalue weighted by Gasteiger charge is -2.48. The largest absolute Gasteiger partial charge is 0.299 e. The molecule has 0 spiro atoms. The molecule has 2 aliphatic rings. The van der Waals surface area contributed by atoms with Gasteiger partial charge in [0.2, 0.25) is 0 Å². The van der Waals surface area contributed by atoms with E-state index in [1.54, 1.807) is 18.2 Å². The van der Waals surface area contributed by atoms with Gasteiger partial charge in [0, 0.05) is 39.8 Å². The van der Waals surface area contributed by atoms with Crippen LogP contribution in [0.1, 0.15) is 50.1 Å². The zero-order chi connectivity index (χ0) is 25.0. The van der Waals surface area contributed by atoms with Crippen LogP contribution in [-0.2, 0) is 23.3 Å². The first kappa shape index (κ1) is 22.9. The number of carbonyl (C=O) groups is 1. The Bertz CT molecular complexity index is 1520. The molecule has 182 valence electrons. The maximum absolute atomic E-state index is 15.1. The van der Waals surface area contributed by atoms with Crippen LogP contribution in [0.25, 0.3) is 33.5 Å². The minimum atomic E-state index is -0.706. The van der Waals surface area contributed by atoms with E-state index in [4.69, 9.17) is 9.97 Å². The molecule has 1 fully saturated rings. The van der Waals surface area contributed by atoms with Gasteiger partial charge in [0.1, 0.15) is 18.3 Å². The van der Waals surface area contributed by atoms with E-state index in [0.717, 1.165) is 23.1 Å². The molecule has 0 unspecified atom stereocenters. The summed E-state index contributed by atoms with van der Waals surface area (Å²) in [4.78, 5) is 27.1. The molecule has 4 aromatic rings. The van der Waals surface area contributed by atoms with Crippen LogP contribution in [0.3, 0.4) is 0 Å². The monoisotopic (exact) mass is 483 g/mol. The molecule has 1 saturated carbocycles. The predicted molar refractivity (Wildman–Crippen MR) is 136 cm³/mol. The molecule has 2 aromatic carbocycles. The van der Waals surface area contributed by atoms with E-state index in [1.165, 1.54) is 6.07 Å². The molecule has 2 aliphatic carbocycles. The predicted octanol–water partition coefficient (Wildman–Crippen LogP) is 6.79. The van der Waals surface area contributed by atoms with Crippen LogP contribution in [0.15, 0.2) is 54.6 Å². The minimum Gasteiger partial charge on any atom is -0.299 e. The fraction of sp³-hybridized carbons (Fsp3) is 0.333. The van der Waals surface area contributed by atoms with Gasteiger partial charge in [0.05, 0.1) is 22.6 Å². The number of para-hydroxylation sites is 1. The second kappa shape index (κ2) is 8.54. The van der Waals surface area contributed by atoms with Crippen LogP contribution in [-0.4, -0.2) is 20.7 Å². The van der Waals surface area contributed by atoms with E-state index >= 15 is 4.39 Å². The maximum Gasteiger partial charge on any atom is 0.160 e. The first-order valence-electron chi connectivity index (χ1n) is 12.5. The highest BCUT2D eigenvalue weighted by molar-refractivity contribution is 5.93. The first-order chi connectivity index (χ1) is 17.4. The molecular weight excluding hydrogens is 456 g/mol. The molecule has 36 heavy (non-hydrogen) atoms. The number of hydrogen-bond donors (Lipinski definition) is 0. The highest BCUT2D eigenvalue weighted by Crippen LogP contribution is 2.52. The number of Topliss-reactive ketones (excluding diaryl/α,β-unsaturated/α-hetero) is 1. The number of halogens is 2. The molecule has 4 nitrogen and oxygen atoms in total. The molecule has 6 heteroatoms. The molecule has 0 N–H and O–H groups in total. The van der Waals surface area contributed by atoms with E-state index in [2.05, 4.69) is 11.9 Å². The van der Waals surface area contributed by atoms with Crippen molar-refractivity contribution in [2.24, 2.45) is 11.8 Å². The zero-order valence-electron chi connectivity index (χ0n) is 20.4. The Balaban J connectivity index is 1.67. The lowest BCUT2D eigenvalue weighted by molar-refractivity contribution is -0.128. The highest BCUT2D eigenvalue weighted by Gasteiger charge is 2.49. The number of pyridine rings is 1. The maximum atomic E-state index is 15.1. The van der Waals surface area contributed by atoms with Crippen molar-refractivity contribution in [3.05, 3.63) is 77.4 Å². The van der Waals surface area contributed by atoms with E-state index in [0.29, 0.717) is 58.9 Å². The van der Waals surface area contributed by atoms with Gasteiger partial charge >= 0.3 is 0 Å². The number of nitrogens with zero attached hydrogens (tertiary/aromatic N) is 3. The highest BCUT2D eigenvalue weighted by atomic mass is 19.1. The average molecular weight is 484 g/mol. The van der Waals surface area contributed by atoms with Gasteiger partial charge in [-0.3, -0.25) is 4.79 Å². The fourth-order valence-corrected chi connectivity index (χ4v) is 6.41. The third-order valence-electron chi connectivity index (χ3n) is 8.35. The van der Waals surface area contributed by atoms with Gasteiger partial charge in [-0.1, -0.05) is 44.2 Å². The molecule has 3 atom stereocenters. The van der Waals surface area contributed by atoms with Crippen LogP contribution in [0.2, 0.25) is 0 Å². The van der Waals surface area contributed by atoms with Gasteiger partial charge in [-0.15, -0.1) is 0 Å². The number of alkyl halides is 1. The molecule has 2 aromatic heterocycles. The number of carbonyl (C=O) groups excluding carboxylic acids is 1. The quantitative estimate of drug-likeness (QED) is 0.322. The van der Waals surface area contributed by atoms with Crippen molar-refractivity contribution in [2.75, 3.05) is 0 Å². The summed E-state index contributed by atoms with van der Waals surface area (Å²) in [6.07, 6.45) is 2.73. The molecule has 0 amide bonds. The Kier molecular flexibility index (Phi) is 5.43. The van der Waals surface area contributed by atoms with E-state index in [1.807, 2.05) is 37.3 Å². The number of rotatable bonds is 3. The van der Waals surface area contributed by atoms with Gasteiger partial charge in [-0.25, -0.2) is 23.7 Å². The van der Waals surface area contributed by atoms with E-state index in [-0.39, 0.29) is 23.1 Å². The molecule has 0 aliphatic heterocycles.